The smallest absolute Gasteiger partial charge is 0.405 e. The van der Waals surface area contributed by atoms with Crippen LogP contribution < -0.4 is 10.1 Å². The first kappa shape index (κ1) is 18.1. The average Bonchev–Trinajstić information content (AvgIpc) is 3.10. The van der Waals surface area contributed by atoms with Crippen molar-refractivity contribution in [2.45, 2.75) is 31.8 Å². The Morgan fingerprint density at radius 3 is 2.54 bits per heavy atom. The minimum atomic E-state index is -4.77. The summed E-state index contributed by atoms with van der Waals surface area (Å²) in [5, 5.41) is 2.71. The van der Waals surface area contributed by atoms with E-state index in [9.17, 15) is 18.0 Å². The summed E-state index contributed by atoms with van der Waals surface area (Å²) in [5.41, 5.74) is 1.33. The van der Waals surface area contributed by atoms with Crippen LogP contribution >= 0.6 is 0 Å². The third kappa shape index (κ3) is 4.47. The molecule has 7 heteroatoms. The van der Waals surface area contributed by atoms with Gasteiger partial charge < -0.3 is 15.0 Å². The number of benzene rings is 2. The molecule has 0 bridgehead atoms. The van der Waals surface area contributed by atoms with Gasteiger partial charge in [-0.25, -0.2) is 4.79 Å². The van der Waals surface area contributed by atoms with Crippen molar-refractivity contribution in [2.75, 3.05) is 6.54 Å². The molecule has 1 unspecified atom stereocenters. The number of amides is 2. The van der Waals surface area contributed by atoms with Gasteiger partial charge in [0.25, 0.3) is 0 Å². The van der Waals surface area contributed by atoms with Crippen molar-refractivity contribution in [1.29, 1.82) is 0 Å². The fourth-order valence-electron chi connectivity index (χ4n) is 3.18. The fourth-order valence-corrected chi connectivity index (χ4v) is 3.18. The lowest BCUT2D eigenvalue weighted by Crippen LogP contribution is -2.39. The zero-order valence-electron chi connectivity index (χ0n) is 14.0. The number of ether oxygens (including phenoxy) is 1. The third-order valence-electron chi connectivity index (χ3n) is 4.33. The Labute approximate surface area is 149 Å². The van der Waals surface area contributed by atoms with Gasteiger partial charge in [-0.2, -0.15) is 0 Å². The van der Waals surface area contributed by atoms with Gasteiger partial charge in [0.2, 0.25) is 0 Å². The van der Waals surface area contributed by atoms with Crippen molar-refractivity contribution in [3.05, 3.63) is 65.7 Å². The molecular weight excluding hydrogens is 345 g/mol. The molecule has 1 atom stereocenters. The molecule has 4 nitrogen and oxygen atoms in total. The van der Waals surface area contributed by atoms with E-state index in [2.05, 4.69) is 10.1 Å². The topological polar surface area (TPSA) is 41.6 Å². The monoisotopic (exact) mass is 364 g/mol. The summed E-state index contributed by atoms with van der Waals surface area (Å²) < 4.78 is 41.5. The Kier molecular flexibility index (Phi) is 5.35. The fraction of sp³-hybridized carbons (Fsp3) is 0.316. The highest BCUT2D eigenvalue weighted by Gasteiger charge is 2.32. The number of nitrogens with one attached hydrogen (secondary N) is 1. The van der Waals surface area contributed by atoms with Gasteiger partial charge in [0.15, 0.2) is 0 Å². The van der Waals surface area contributed by atoms with E-state index in [1.54, 1.807) is 11.0 Å². The van der Waals surface area contributed by atoms with E-state index < -0.39 is 6.36 Å². The standard InChI is InChI=1S/C19H19F3N2O2/c20-19(21,22)26-17-11-5-4-9-15(17)13-23-18(25)24-12-6-10-16(24)14-7-2-1-3-8-14/h1-5,7-9,11,16H,6,10,12-13H2,(H,23,25). The van der Waals surface area contributed by atoms with Crippen LogP contribution in [-0.2, 0) is 6.54 Å². The highest BCUT2D eigenvalue weighted by atomic mass is 19.4. The Hall–Kier alpha value is -2.70. The number of para-hydroxylation sites is 1. The molecule has 0 aromatic heterocycles. The third-order valence-corrected chi connectivity index (χ3v) is 4.33. The minimum absolute atomic E-state index is 0.0159. The highest BCUT2D eigenvalue weighted by molar-refractivity contribution is 5.75. The number of hydrogen-bond donors (Lipinski definition) is 1. The van der Waals surface area contributed by atoms with Gasteiger partial charge in [0, 0.05) is 18.7 Å². The lowest BCUT2D eigenvalue weighted by molar-refractivity contribution is -0.274. The van der Waals surface area contributed by atoms with Crippen LogP contribution in [-0.4, -0.2) is 23.8 Å². The number of likely N-dealkylation sites (tertiary alicyclic amines) is 1. The van der Waals surface area contributed by atoms with E-state index in [1.807, 2.05) is 30.3 Å². The first-order valence-electron chi connectivity index (χ1n) is 8.37. The molecule has 26 heavy (non-hydrogen) atoms. The van der Waals surface area contributed by atoms with Crippen molar-refractivity contribution in [3.8, 4) is 5.75 Å². The molecule has 0 radical (unpaired) electrons. The van der Waals surface area contributed by atoms with Gasteiger partial charge in [-0.3, -0.25) is 0 Å². The molecule has 138 valence electrons. The van der Waals surface area contributed by atoms with Crippen LogP contribution in [0.15, 0.2) is 54.6 Å². The maximum Gasteiger partial charge on any atom is 0.573 e. The summed E-state index contributed by atoms with van der Waals surface area (Å²) in [5.74, 6) is -0.304. The Morgan fingerprint density at radius 2 is 1.81 bits per heavy atom. The predicted molar refractivity (Wildman–Crippen MR) is 90.5 cm³/mol. The first-order chi connectivity index (χ1) is 12.4. The summed E-state index contributed by atoms with van der Waals surface area (Å²) in [6.07, 6.45) is -3.01. The van der Waals surface area contributed by atoms with E-state index in [0.717, 1.165) is 18.4 Å². The minimum Gasteiger partial charge on any atom is -0.405 e. The second-order valence-corrected chi connectivity index (χ2v) is 6.08. The zero-order chi connectivity index (χ0) is 18.6. The molecule has 1 fully saturated rings. The van der Waals surface area contributed by atoms with Crippen molar-refractivity contribution in [1.82, 2.24) is 10.2 Å². The van der Waals surface area contributed by atoms with Gasteiger partial charge in [0.1, 0.15) is 5.75 Å². The van der Waals surface area contributed by atoms with Crippen LogP contribution in [0.3, 0.4) is 0 Å². The number of carbonyl (C=O) groups excluding carboxylic acids is 1. The zero-order valence-corrected chi connectivity index (χ0v) is 14.0. The second-order valence-electron chi connectivity index (χ2n) is 6.08. The van der Waals surface area contributed by atoms with E-state index in [0.29, 0.717) is 6.54 Å². The first-order valence-corrected chi connectivity index (χ1v) is 8.37. The van der Waals surface area contributed by atoms with Crippen LogP contribution in [0.4, 0.5) is 18.0 Å². The lowest BCUT2D eigenvalue weighted by Gasteiger charge is -2.25. The largest absolute Gasteiger partial charge is 0.573 e. The van der Waals surface area contributed by atoms with Gasteiger partial charge >= 0.3 is 12.4 Å². The van der Waals surface area contributed by atoms with Crippen LogP contribution in [0.2, 0.25) is 0 Å². The summed E-state index contributed by atoms with van der Waals surface area (Å²) in [4.78, 5) is 14.3. The number of halogens is 3. The Morgan fingerprint density at radius 1 is 1.12 bits per heavy atom. The van der Waals surface area contributed by atoms with E-state index >= 15 is 0 Å². The summed E-state index contributed by atoms with van der Waals surface area (Å²) in [7, 11) is 0. The van der Waals surface area contributed by atoms with Gasteiger partial charge in [-0.1, -0.05) is 48.5 Å². The van der Waals surface area contributed by atoms with Gasteiger partial charge in [-0.05, 0) is 24.5 Å². The molecular formula is C19H19F3N2O2. The summed E-state index contributed by atoms with van der Waals surface area (Å²) in [6, 6.07) is 15.2. The van der Waals surface area contributed by atoms with Crippen molar-refractivity contribution >= 4 is 6.03 Å². The molecule has 3 rings (SSSR count). The molecule has 1 heterocycles. The van der Waals surface area contributed by atoms with Crippen LogP contribution in [0.1, 0.15) is 30.0 Å². The molecule has 1 N–H and O–H groups in total. The number of alkyl halides is 3. The van der Waals surface area contributed by atoms with Gasteiger partial charge in [-0.15, -0.1) is 13.2 Å². The predicted octanol–water partition coefficient (Wildman–Crippen LogP) is 4.63. The molecule has 1 aliphatic rings. The summed E-state index contributed by atoms with van der Waals surface area (Å²) in [6.45, 7) is 0.579. The molecule has 2 aromatic carbocycles. The Bertz CT molecular complexity index is 750. The second kappa shape index (κ2) is 7.68. The molecule has 2 amide bonds. The number of rotatable bonds is 4. The van der Waals surface area contributed by atoms with Gasteiger partial charge in [0.05, 0.1) is 6.04 Å². The summed E-state index contributed by atoms with van der Waals surface area (Å²) >= 11 is 0. The average molecular weight is 364 g/mol. The van der Waals surface area contributed by atoms with Crippen LogP contribution in [0.5, 0.6) is 5.75 Å². The van der Waals surface area contributed by atoms with E-state index in [1.165, 1.54) is 18.2 Å². The van der Waals surface area contributed by atoms with E-state index in [-0.39, 0.29) is 29.9 Å². The van der Waals surface area contributed by atoms with Crippen LogP contribution in [0.25, 0.3) is 0 Å². The molecule has 0 spiro atoms. The highest BCUT2D eigenvalue weighted by Crippen LogP contribution is 2.32. The molecule has 1 aliphatic heterocycles. The normalized spacial score (nSPS) is 17.2. The van der Waals surface area contributed by atoms with E-state index in [4.69, 9.17) is 0 Å². The molecule has 0 aliphatic carbocycles. The maximum atomic E-state index is 12.6. The lowest BCUT2D eigenvalue weighted by atomic mass is 10.1. The SMILES string of the molecule is O=C(NCc1ccccc1OC(F)(F)F)N1CCCC1c1ccccc1. The molecule has 2 aromatic rings. The molecule has 1 saturated heterocycles. The number of nitrogens with zero attached hydrogens (tertiary/aromatic N) is 1. The number of carbonyl (C=O) groups is 1. The quantitative estimate of drug-likeness (QED) is 0.859. The van der Waals surface area contributed by atoms with Crippen LogP contribution in [0, 0.1) is 0 Å². The van der Waals surface area contributed by atoms with Crippen molar-refractivity contribution in [2.24, 2.45) is 0 Å². The Balaban J connectivity index is 1.66. The molecule has 0 saturated carbocycles. The number of hydrogen-bond acceptors (Lipinski definition) is 2. The maximum absolute atomic E-state index is 12.6. The number of urea groups is 1. The van der Waals surface area contributed by atoms with Crippen molar-refractivity contribution in [3.63, 3.8) is 0 Å². The van der Waals surface area contributed by atoms with Crippen molar-refractivity contribution < 1.29 is 22.7 Å².